The predicted octanol–water partition coefficient (Wildman–Crippen LogP) is 3.77. The van der Waals surface area contributed by atoms with E-state index in [4.69, 9.17) is 21.1 Å². The van der Waals surface area contributed by atoms with Crippen molar-refractivity contribution in [3.63, 3.8) is 0 Å². The third-order valence-electron chi connectivity index (χ3n) is 3.47. The summed E-state index contributed by atoms with van der Waals surface area (Å²) in [7, 11) is 0. The fraction of sp³-hybridized carbons (Fsp3) is 0.263. The second-order valence-corrected chi connectivity index (χ2v) is 5.90. The van der Waals surface area contributed by atoms with E-state index in [9.17, 15) is 9.59 Å². The SMILES string of the molecule is CCc1cccc(NC(=O)COC(=O)COc2ccc(Cl)cc2C)c1. The maximum atomic E-state index is 11.8. The highest BCUT2D eigenvalue weighted by molar-refractivity contribution is 6.30. The minimum Gasteiger partial charge on any atom is -0.482 e. The van der Waals surface area contributed by atoms with Gasteiger partial charge in [-0.25, -0.2) is 4.79 Å². The van der Waals surface area contributed by atoms with E-state index < -0.39 is 11.9 Å². The van der Waals surface area contributed by atoms with E-state index in [1.807, 2.05) is 32.0 Å². The van der Waals surface area contributed by atoms with Crippen molar-refractivity contribution >= 4 is 29.2 Å². The predicted molar refractivity (Wildman–Crippen MR) is 97.1 cm³/mol. The first-order chi connectivity index (χ1) is 12.0. The molecule has 0 aliphatic heterocycles. The molecule has 0 bridgehead atoms. The molecule has 2 rings (SSSR count). The van der Waals surface area contributed by atoms with Gasteiger partial charge in [-0.3, -0.25) is 4.79 Å². The number of rotatable bonds is 7. The molecule has 2 aromatic rings. The summed E-state index contributed by atoms with van der Waals surface area (Å²) in [6.45, 7) is 3.22. The number of hydrogen-bond acceptors (Lipinski definition) is 4. The number of hydrogen-bond donors (Lipinski definition) is 1. The summed E-state index contributed by atoms with van der Waals surface area (Å²) in [6, 6.07) is 12.6. The van der Waals surface area contributed by atoms with Crippen molar-refractivity contribution in [2.45, 2.75) is 20.3 Å². The largest absolute Gasteiger partial charge is 0.482 e. The number of carbonyl (C=O) groups excluding carboxylic acids is 2. The van der Waals surface area contributed by atoms with Gasteiger partial charge in [-0.15, -0.1) is 0 Å². The molecule has 0 saturated heterocycles. The molecule has 2 aromatic carbocycles. The average Bonchev–Trinajstić information content (AvgIpc) is 2.59. The molecule has 0 aliphatic rings. The summed E-state index contributed by atoms with van der Waals surface area (Å²) in [6.07, 6.45) is 0.875. The highest BCUT2D eigenvalue weighted by Crippen LogP contribution is 2.21. The van der Waals surface area contributed by atoms with E-state index in [1.54, 1.807) is 24.3 Å². The molecule has 6 heteroatoms. The van der Waals surface area contributed by atoms with Crippen LogP contribution in [0.15, 0.2) is 42.5 Å². The van der Waals surface area contributed by atoms with Crippen molar-refractivity contribution in [3.05, 3.63) is 58.6 Å². The molecular formula is C19H20ClNO4. The van der Waals surface area contributed by atoms with Gasteiger partial charge < -0.3 is 14.8 Å². The first-order valence-corrected chi connectivity index (χ1v) is 8.29. The van der Waals surface area contributed by atoms with E-state index in [0.717, 1.165) is 17.5 Å². The third-order valence-corrected chi connectivity index (χ3v) is 3.70. The zero-order chi connectivity index (χ0) is 18.2. The minimum absolute atomic E-state index is 0.277. The Morgan fingerprint density at radius 1 is 1.12 bits per heavy atom. The van der Waals surface area contributed by atoms with Crippen LogP contribution in [0.1, 0.15) is 18.1 Å². The minimum atomic E-state index is -0.619. The number of aryl methyl sites for hydroxylation is 2. The van der Waals surface area contributed by atoms with Crippen molar-refractivity contribution < 1.29 is 19.1 Å². The number of esters is 1. The van der Waals surface area contributed by atoms with Crippen LogP contribution >= 0.6 is 11.6 Å². The second-order valence-electron chi connectivity index (χ2n) is 5.46. The van der Waals surface area contributed by atoms with Crippen LogP contribution in [-0.4, -0.2) is 25.1 Å². The lowest BCUT2D eigenvalue weighted by Crippen LogP contribution is -2.23. The monoisotopic (exact) mass is 361 g/mol. The smallest absolute Gasteiger partial charge is 0.344 e. The normalized spacial score (nSPS) is 10.2. The van der Waals surface area contributed by atoms with Gasteiger partial charge in [0.15, 0.2) is 13.2 Å². The van der Waals surface area contributed by atoms with Gasteiger partial charge in [-0.1, -0.05) is 30.7 Å². The fourth-order valence-corrected chi connectivity index (χ4v) is 2.39. The standard InChI is InChI=1S/C19H20ClNO4/c1-3-14-5-4-6-16(10-14)21-18(22)11-25-19(23)12-24-17-8-7-15(20)9-13(17)2/h4-10H,3,11-12H2,1-2H3,(H,21,22). The van der Waals surface area contributed by atoms with Crippen molar-refractivity contribution in [3.8, 4) is 5.75 Å². The fourth-order valence-electron chi connectivity index (χ4n) is 2.17. The lowest BCUT2D eigenvalue weighted by Gasteiger charge is -2.10. The van der Waals surface area contributed by atoms with Gasteiger partial charge in [0.1, 0.15) is 5.75 Å². The molecule has 0 atom stereocenters. The maximum absolute atomic E-state index is 11.8. The van der Waals surface area contributed by atoms with E-state index in [0.29, 0.717) is 16.5 Å². The average molecular weight is 362 g/mol. The maximum Gasteiger partial charge on any atom is 0.344 e. The Balaban J connectivity index is 1.76. The van der Waals surface area contributed by atoms with Gasteiger partial charge in [-0.05, 0) is 54.8 Å². The molecule has 0 spiro atoms. The third kappa shape index (κ3) is 6.12. The Kier molecular flexibility index (Phi) is 6.83. The van der Waals surface area contributed by atoms with Gasteiger partial charge in [-0.2, -0.15) is 0 Å². The zero-order valence-electron chi connectivity index (χ0n) is 14.2. The lowest BCUT2D eigenvalue weighted by molar-refractivity contribution is -0.149. The van der Waals surface area contributed by atoms with Crippen molar-refractivity contribution in [1.29, 1.82) is 0 Å². The first kappa shape index (κ1) is 18.8. The molecule has 0 aromatic heterocycles. The Morgan fingerprint density at radius 3 is 2.64 bits per heavy atom. The van der Waals surface area contributed by atoms with Crippen LogP contribution in [0.3, 0.4) is 0 Å². The van der Waals surface area contributed by atoms with Crippen LogP contribution in [0.4, 0.5) is 5.69 Å². The lowest BCUT2D eigenvalue weighted by atomic mass is 10.1. The molecule has 0 saturated carbocycles. The van der Waals surface area contributed by atoms with Crippen LogP contribution in [0.5, 0.6) is 5.75 Å². The Hall–Kier alpha value is -2.53. The van der Waals surface area contributed by atoms with Crippen LogP contribution < -0.4 is 10.1 Å². The molecular weight excluding hydrogens is 342 g/mol. The summed E-state index contributed by atoms with van der Waals surface area (Å²) < 4.78 is 10.3. The highest BCUT2D eigenvalue weighted by atomic mass is 35.5. The Morgan fingerprint density at radius 2 is 1.92 bits per heavy atom. The van der Waals surface area contributed by atoms with Crippen molar-refractivity contribution in [2.24, 2.45) is 0 Å². The van der Waals surface area contributed by atoms with E-state index >= 15 is 0 Å². The highest BCUT2D eigenvalue weighted by Gasteiger charge is 2.10. The molecule has 1 amide bonds. The van der Waals surface area contributed by atoms with Crippen molar-refractivity contribution in [1.82, 2.24) is 0 Å². The molecule has 0 unspecified atom stereocenters. The molecule has 0 fully saturated rings. The summed E-state index contributed by atoms with van der Waals surface area (Å²) in [5, 5.41) is 3.28. The van der Waals surface area contributed by atoms with E-state index in [2.05, 4.69) is 5.32 Å². The van der Waals surface area contributed by atoms with E-state index in [1.165, 1.54) is 0 Å². The number of nitrogens with one attached hydrogen (secondary N) is 1. The first-order valence-electron chi connectivity index (χ1n) is 7.91. The number of anilines is 1. The number of benzene rings is 2. The summed E-state index contributed by atoms with van der Waals surface area (Å²) in [5.41, 5.74) is 2.60. The summed E-state index contributed by atoms with van der Waals surface area (Å²) in [5.74, 6) is -0.474. The molecule has 0 aliphatic carbocycles. The topological polar surface area (TPSA) is 64.6 Å². The number of amides is 1. The molecule has 1 N–H and O–H groups in total. The molecule has 0 radical (unpaired) electrons. The second kappa shape index (κ2) is 9.08. The van der Waals surface area contributed by atoms with Gasteiger partial charge >= 0.3 is 5.97 Å². The van der Waals surface area contributed by atoms with Crippen LogP contribution in [0, 0.1) is 6.92 Å². The molecule has 25 heavy (non-hydrogen) atoms. The Bertz CT molecular complexity index is 761. The summed E-state index contributed by atoms with van der Waals surface area (Å²) in [4.78, 5) is 23.5. The number of ether oxygens (including phenoxy) is 2. The van der Waals surface area contributed by atoms with Crippen LogP contribution in [-0.2, 0) is 20.7 Å². The number of halogens is 1. The van der Waals surface area contributed by atoms with Crippen LogP contribution in [0.2, 0.25) is 5.02 Å². The van der Waals surface area contributed by atoms with Gasteiger partial charge in [0.2, 0.25) is 0 Å². The van der Waals surface area contributed by atoms with Crippen LogP contribution in [0.25, 0.3) is 0 Å². The zero-order valence-corrected chi connectivity index (χ0v) is 14.9. The van der Waals surface area contributed by atoms with Gasteiger partial charge in [0.05, 0.1) is 0 Å². The van der Waals surface area contributed by atoms with Gasteiger partial charge in [0, 0.05) is 10.7 Å². The van der Waals surface area contributed by atoms with Crippen molar-refractivity contribution in [2.75, 3.05) is 18.5 Å². The quantitative estimate of drug-likeness (QED) is 0.762. The number of carbonyl (C=O) groups is 2. The molecule has 132 valence electrons. The Labute approximate surface area is 151 Å². The molecule has 5 nitrogen and oxygen atoms in total. The molecule has 0 heterocycles. The van der Waals surface area contributed by atoms with Gasteiger partial charge in [0.25, 0.3) is 5.91 Å². The summed E-state index contributed by atoms with van der Waals surface area (Å²) >= 11 is 5.86. The van der Waals surface area contributed by atoms with E-state index in [-0.39, 0.29) is 13.2 Å².